The fourth-order valence-corrected chi connectivity index (χ4v) is 4.90. The van der Waals surface area contributed by atoms with Crippen molar-refractivity contribution in [3.05, 3.63) is 76.5 Å². The summed E-state index contributed by atoms with van der Waals surface area (Å²) in [6.45, 7) is 19.9. The molecular weight excluding hydrogens is 576 g/mol. The molecule has 2 aliphatic rings. The standard InChI is InChI=1S/C31H41N6O3.2C2H6.C2H2/c1-7-10-27(37(5)17-19-39-20-18-37)30(38-6)29-26(8-2)32-22-33-31(29)35-24-11-12-28(23(4)21-24)40-25-13-15-36(16-14-25)34-9-3;3*1-2/h8-15,21-22H,7,16-20H2,1-6H3,(H,32,33,35);2*1-2H3;1-2H/q+1;;;/b26-8+,27-10-,30-29-,34-9-;;;. The minimum atomic E-state index is 0.666. The molecule has 0 radical (unpaired) electrons. The summed E-state index contributed by atoms with van der Waals surface area (Å²) in [6.07, 6.45) is 22.3. The fourth-order valence-electron chi connectivity index (χ4n) is 4.90. The predicted octanol–water partition coefficient (Wildman–Crippen LogP) is 6.25. The Morgan fingerprint density at radius 2 is 1.83 bits per heavy atom. The summed E-state index contributed by atoms with van der Waals surface area (Å²) in [4.78, 5) is 9.24. The van der Waals surface area contributed by atoms with Crippen LogP contribution in [0, 0.1) is 19.8 Å². The fraction of sp³-hybridized carbons (Fsp3) is 0.432. The van der Waals surface area contributed by atoms with Crippen molar-refractivity contribution < 1.29 is 18.7 Å². The van der Waals surface area contributed by atoms with Gasteiger partial charge in [0.15, 0.2) is 11.5 Å². The van der Waals surface area contributed by atoms with Crippen LogP contribution in [0.5, 0.6) is 5.75 Å². The van der Waals surface area contributed by atoms with Gasteiger partial charge >= 0.3 is 0 Å². The van der Waals surface area contributed by atoms with Gasteiger partial charge in [0.05, 0.1) is 44.5 Å². The number of aromatic nitrogens is 2. The van der Waals surface area contributed by atoms with Crippen molar-refractivity contribution in [2.24, 2.45) is 5.10 Å². The molecule has 0 unspecified atom stereocenters. The molecule has 0 saturated carbocycles. The highest BCUT2D eigenvalue weighted by Crippen LogP contribution is 2.28. The molecule has 3 heterocycles. The van der Waals surface area contributed by atoms with Gasteiger partial charge in [-0.15, -0.1) is 12.8 Å². The Labute approximate surface area is 277 Å². The zero-order valence-corrected chi connectivity index (χ0v) is 29.6. The van der Waals surface area contributed by atoms with Crippen molar-refractivity contribution in [2.45, 2.75) is 61.8 Å². The molecule has 9 heteroatoms. The van der Waals surface area contributed by atoms with E-state index in [-0.39, 0.29) is 0 Å². The Balaban J connectivity index is 0.00000166. The lowest BCUT2D eigenvalue weighted by atomic mass is 10.1. The first-order valence-corrected chi connectivity index (χ1v) is 16.1. The second kappa shape index (κ2) is 21.4. The maximum absolute atomic E-state index is 6.16. The second-order valence-electron chi connectivity index (χ2n) is 9.88. The highest BCUT2D eigenvalue weighted by atomic mass is 16.5. The lowest BCUT2D eigenvalue weighted by Gasteiger charge is -2.39. The van der Waals surface area contributed by atoms with E-state index in [1.165, 1.54) is 0 Å². The molecule has 2 aliphatic heterocycles. The first-order chi connectivity index (χ1) is 22.4. The van der Waals surface area contributed by atoms with Crippen molar-refractivity contribution in [1.29, 1.82) is 0 Å². The largest absolute Gasteiger partial charge is 0.490 e. The first-order valence-electron chi connectivity index (χ1n) is 16.1. The summed E-state index contributed by atoms with van der Waals surface area (Å²) in [6, 6.07) is 6.03. The van der Waals surface area contributed by atoms with Crippen molar-refractivity contribution in [1.82, 2.24) is 15.0 Å². The number of morpholine rings is 1. The number of nitrogens with one attached hydrogen (secondary N) is 1. The Morgan fingerprint density at radius 3 is 2.37 bits per heavy atom. The molecule has 0 spiro atoms. The molecular formula is C37H55N6O3+. The van der Waals surface area contributed by atoms with Crippen LogP contribution in [0.15, 0.2) is 65.5 Å². The molecule has 1 N–H and O–H groups in total. The van der Waals surface area contributed by atoms with E-state index in [1.54, 1.807) is 19.7 Å². The number of nitrogens with zero attached hydrogens (tertiary/aromatic N) is 5. The average Bonchev–Trinajstić information content (AvgIpc) is 3.10. The highest BCUT2D eigenvalue weighted by molar-refractivity contribution is 5.65. The Bertz CT molecular complexity index is 1480. The molecule has 1 aromatic heterocycles. The third kappa shape index (κ3) is 10.6. The monoisotopic (exact) mass is 631 g/mol. The van der Waals surface area contributed by atoms with Crippen molar-refractivity contribution in [3.8, 4) is 18.6 Å². The summed E-state index contributed by atoms with van der Waals surface area (Å²) in [5.74, 6) is 3.05. The van der Waals surface area contributed by atoms with Crippen molar-refractivity contribution in [3.63, 3.8) is 0 Å². The molecule has 0 atom stereocenters. The SMILES string of the molecule is C#C.C/C=N\N1C=CC(Oc2ccc(Nc3ncnc(=C/C)/c3=C(OC)\C(=C\CC)[N+]3(C)CCOCC3)cc2C)=CC1.CC.CC. The van der Waals surface area contributed by atoms with Gasteiger partial charge in [0.1, 0.15) is 36.7 Å². The summed E-state index contributed by atoms with van der Waals surface area (Å²) >= 11 is 0. The number of benzene rings is 1. The molecule has 1 aromatic carbocycles. The predicted molar refractivity (Wildman–Crippen MR) is 193 cm³/mol. The van der Waals surface area contributed by atoms with Gasteiger partial charge in [-0.05, 0) is 69.2 Å². The van der Waals surface area contributed by atoms with Gasteiger partial charge in [0.25, 0.3) is 0 Å². The number of ether oxygens (including phenoxy) is 3. The number of rotatable bonds is 9. The minimum Gasteiger partial charge on any atom is -0.490 e. The average molecular weight is 632 g/mol. The van der Waals surface area contributed by atoms with Crippen LogP contribution in [0.2, 0.25) is 0 Å². The Morgan fingerprint density at radius 1 is 1.13 bits per heavy atom. The van der Waals surface area contributed by atoms with Crippen LogP contribution in [0.25, 0.3) is 11.8 Å². The molecule has 0 bridgehead atoms. The molecule has 2 aromatic rings. The number of terminal acetylenes is 1. The van der Waals surface area contributed by atoms with E-state index in [4.69, 9.17) is 14.2 Å². The van der Waals surface area contributed by atoms with Gasteiger partial charge in [0.2, 0.25) is 0 Å². The second-order valence-corrected chi connectivity index (χ2v) is 9.88. The lowest BCUT2D eigenvalue weighted by Crippen LogP contribution is -2.52. The number of methoxy groups -OCH3 is 1. The summed E-state index contributed by atoms with van der Waals surface area (Å²) in [5.41, 5.74) is 3.01. The van der Waals surface area contributed by atoms with E-state index in [0.29, 0.717) is 25.6 Å². The molecule has 0 aliphatic carbocycles. The first kappa shape index (κ1) is 39.6. The number of allylic oxidation sites excluding steroid dienone is 2. The van der Waals surface area contributed by atoms with E-state index in [1.807, 2.05) is 90.0 Å². The summed E-state index contributed by atoms with van der Waals surface area (Å²) < 4.78 is 18.7. The zero-order chi connectivity index (χ0) is 34.5. The quantitative estimate of drug-likeness (QED) is 0.199. The Kier molecular flexibility index (Phi) is 18.4. The summed E-state index contributed by atoms with van der Waals surface area (Å²) in [5, 5.41) is 11.3. The molecule has 4 rings (SSSR count). The Hall–Kier alpha value is -4.39. The van der Waals surface area contributed by atoms with Gasteiger partial charge < -0.3 is 19.5 Å². The normalized spacial score (nSPS) is 16.4. The molecule has 0 amide bonds. The van der Waals surface area contributed by atoms with Crippen LogP contribution in [0.3, 0.4) is 0 Å². The van der Waals surface area contributed by atoms with Crippen LogP contribution in [-0.4, -0.2) is 72.7 Å². The maximum atomic E-state index is 6.16. The van der Waals surface area contributed by atoms with Gasteiger partial charge in [-0.2, -0.15) is 5.10 Å². The number of likely N-dealkylation sites (N-methyl/N-ethyl adjacent to an activating group) is 1. The van der Waals surface area contributed by atoms with Gasteiger partial charge in [0, 0.05) is 18.1 Å². The van der Waals surface area contributed by atoms with E-state index < -0.39 is 0 Å². The van der Waals surface area contributed by atoms with Crippen molar-refractivity contribution >= 4 is 29.6 Å². The van der Waals surface area contributed by atoms with Gasteiger partial charge in [-0.1, -0.05) is 40.7 Å². The smallest absolute Gasteiger partial charge is 0.192 e. The van der Waals surface area contributed by atoms with Crippen LogP contribution in [-0.2, 0) is 9.47 Å². The number of hydrogen-bond acceptors (Lipinski definition) is 8. The topological polar surface area (TPSA) is 81.1 Å². The third-order valence-electron chi connectivity index (χ3n) is 7.07. The van der Waals surface area contributed by atoms with E-state index in [2.05, 4.69) is 59.3 Å². The molecule has 9 nitrogen and oxygen atoms in total. The van der Waals surface area contributed by atoms with Crippen LogP contribution < -0.4 is 20.6 Å². The van der Waals surface area contributed by atoms with E-state index >= 15 is 0 Å². The molecule has 250 valence electrons. The van der Waals surface area contributed by atoms with E-state index in [0.717, 1.165) is 68.8 Å². The zero-order valence-electron chi connectivity index (χ0n) is 29.6. The third-order valence-corrected chi connectivity index (χ3v) is 7.07. The number of quaternary nitrogens is 1. The van der Waals surface area contributed by atoms with Crippen LogP contribution >= 0.6 is 0 Å². The number of aryl methyl sites for hydroxylation is 1. The van der Waals surface area contributed by atoms with Gasteiger partial charge in [-0.3, -0.25) is 9.49 Å². The van der Waals surface area contributed by atoms with Crippen molar-refractivity contribution in [2.75, 3.05) is 52.3 Å². The molecule has 46 heavy (non-hydrogen) atoms. The summed E-state index contributed by atoms with van der Waals surface area (Å²) in [7, 11) is 3.96. The maximum Gasteiger partial charge on any atom is 0.192 e. The number of anilines is 2. The van der Waals surface area contributed by atoms with Crippen LogP contribution in [0.1, 0.15) is 60.5 Å². The van der Waals surface area contributed by atoms with Crippen LogP contribution in [0.4, 0.5) is 11.5 Å². The highest BCUT2D eigenvalue weighted by Gasteiger charge is 2.34. The number of hydrazone groups is 1. The lowest BCUT2D eigenvalue weighted by molar-refractivity contribution is -0.877. The van der Waals surface area contributed by atoms with Gasteiger partial charge in [-0.25, -0.2) is 9.97 Å². The minimum absolute atomic E-state index is 0.666. The van der Waals surface area contributed by atoms with E-state index in [9.17, 15) is 0 Å². The number of hydrogen-bond donors (Lipinski definition) is 1. The molecule has 1 fully saturated rings. The molecule has 1 saturated heterocycles.